The molecule has 0 saturated carbocycles. The second-order valence-electron chi connectivity index (χ2n) is 4.58. The van der Waals surface area contributed by atoms with E-state index in [1.54, 1.807) is 12.1 Å². The Hall–Kier alpha value is -1.59. The Balaban J connectivity index is 1.91. The van der Waals surface area contributed by atoms with Crippen LogP contribution in [0.15, 0.2) is 24.3 Å². The number of aliphatic hydroxyl groups excluding tert-OH is 1. The van der Waals surface area contributed by atoms with Gasteiger partial charge in [-0.2, -0.15) is 0 Å². The highest BCUT2D eigenvalue weighted by Gasteiger charge is 2.25. The zero-order valence-corrected chi connectivity index (χ0v) is 10.3. The predicted octanol–water partition coefficient (Wildman–Crippen LogP) is 0.664. The predicted molar refractivity (Wildman–Crippen MR) is 71.2 cm³/mol. The molecule has 5 heteroatoms. The van der Waals surface area contributed by atoms with Crippen LogP contribution in [0.25, 0.3) is 0 Å². The number of carbonyl (C=O) groups excluding carboxylic acids is 1. The summed E-state index contributed by atoms with van der Waals surface area (Å²) in [5.74, 6) is -0.0896. The molecule has 1 aliphatic heterocycles. The van der Waals surface area contributed by atoms with Crippen LogP contribution in [-0.4, -0.2) is 41.7 Å². The number of nitrogen functional groups attached to an aromatic ring is 1. The maximum atomic E-state index is 11.9. The molecule has 1 fully saturated rings. The smallest absolute Gasteiger partial charge is 0.238 e. The van der Waals surface area contributed by atoms with Crippen molar-refractivity contribution in [2.45, 2.75) is 18.9 Å². The number of rotatable bonds is 4. The fraction of sp³-hybridized carbons (Fsp3) is 0.462. The van der Waals surface area contributed by atoms with E-state index in [1.807, 2.05) is 17.0 Å². The van der Waals surface area contributed by atoms with Gasteiger partial charge in [0.15, 0.2) is 0 Å². The number of likely N-dealkylation sites (tertiary alicyclic amines) is 1. The molecule has 0 radical (unpaired) electrons. The van der Waals surface area contributed by atoms with E-state index >= 15 is 0 Å². The standard InChI is InChI=1S/C13H19N3O2/c14-11-5-1-2-6-12(11)15-13(18)8-16-7-3-4-10(16)9-17/h1-2,5-6,10,17H,3-4,7-9,14H2,(H,15,18). The van der Waals surface area contributed by atoms with Gasteiger partial charge in [-0.05, 0) is 31.5 Å². The quantitative estimate of drug-likeness (QED) is 0.685. The normalized spacial score (nSPS) is 19.9. The van der Waals surface area contributed by atoms with E-state index in [2.05, 4.69) is 5.32 Å². The first-order valence-corrected chi connectivity index (χ1v) is 6.20. The van der Waals surface area contributed by atoms with Gasteiger partial charge in [-0.25, -0.2) is 0 Å². The van der Waals surface area contributed by atoms with Gasteiger partial charge in [-0.1, -0.05) is 12.1 Å². The van der Waals surface area contributed by atoms with Gasteiger partial charge >= 0.3 is 0 Å². The minimum Gasteiger partial charge on any atom is -0.397 e. The molecule has 1 aromatic carbocycles. The Labute approximate surface area is 107 Å². The molecule has 0 spiro atoms. The van der Waals surface area contributed by atoms with Gasteiger partial charge in [0.25, 0.3) is 0 Å². The fourth-order valence-electron chi connectivity index (χ4n) is 2.30. The third-order valence-electron chi connectivity index (χ3n) is 3.29. The second-order valence-corrected chi connectivity index (χ2v) is 4.58. The summed E-state index contributed by atoms with van der Waals surface area (Å²) in [6.45, 7) is 1.28. The first-order chi connectivity index (χ1) is 8.70. The summed E-state index contributed by atoms with van der Waals surface area (Å²) in [6.07, 6.45) is 1.99. The largest absolute Gasteiger partial charge is 0.397 e. The number of hydrogen-bond acceptors (Lipinski definition) is 4. The number of para-hydroxylation sites is 2. The summed E-state index contributed by atoms with van der Waals surface area (Å²) in [6, 6.07) is 7.30. The number of carbonyl (C=O) groups is 1. The van der Waals surface area contributed by atoms with E-state index in [4.69, 9.17) is 5.73 Å². The molecule has 1 amide bonds. The van der Waals surface area contributed by atoms with Gasteiger partial charge in [0.1, 0.15) is 0 Å². The van der Waals surface area contributed by atoms with Crippen molar-refractivity contribution >= 4 is 17.3 Å². The average Bonchev–Trinajstić information content (AvgIpc) is 2.79. The molecule has 1 unspecified atom stereocenters. The van der Waals surface area contributed by atoms with Crippen molar-refractivity contribution in [3.63, 3.8) is 0 Å². The van der Waals surface area contributed by atoms with Crippen molar-refractivity contribution in [3.05, 3.63) is 24.3 Å². The van der Waals surface area contributed by atoms with E-state index < -0.39 is 0 Å². The third kappa shape index (κ3) is 3.00. The van der Waals surface area contributed by atoms with Crippen LogP contribution >= 0.6 is 0 Å². The molecule has 0 aromatic heterocycles. The number of benzene rings is 1. The highest BCUT2D eigenvalue weighted by molar-refractivity contribution is 5.95. The molecule has 1 aromatic rings. The summed E-state index contributed by atoms with van der Waals surface area (Å²) in [5, 5.41) is 12.0. The van der Waals surface area contributed by atoms with E-state index in [0.29, 0.717) is 17.9 Å². The number of nitrogens with two attached hydrogens (primary N) is 1. The molecule has 0 aliphatic carbocycles. The second kappa shape index (κ2) is 5.84. The van der Waals surface area contributed by atoms with Crippen molar-refractivity contribution in [1.82, 2.24) is 4.90 Å². The van der Waals surface area contributed by atoms with Crippen molar-refractivity contribution < 1.29 is 9.90 Å². The number of aliphatic hydroxyl groups is 1. The van der Waals surface area contributed by atoms with Gasteiger partial charge in [-0.15, -0.1) is 0 Å². The minimum atomic E-state index is -0.0896. The molecule has 4 N–H and O–H groups in total. The van der Waals surface area contributed by atoms with E-state index in [1.165, 1.54) is 0 Å². The lowest BCUT2D eigenvalue weighted by Crippen LogP contribution is -2.38. The molecule has 1 aliphatic rings. The molecule has 98 valence electrons. The van der Waals surface area contributed by atoms with Crippen LogP contribution in [0, 0.1) is 0 Å². The zero-order chi connectivity index (χ0) is 13.0. The minimum absolute atomic E-state index is 0.0896. The zero-order valence-electron chi connectivity index (χ0n) is 10.3. The lowest BCUT2D eigenvalue weighted by molar-refractivity contribution is -0.117. The first kappa shape index (κ1) is 12.9. The molecule has 0 bridgehead atoms. The van der Waals surface area contributed by atoms with Crippen LogP contribution in [-0.2, 0) is 4.79 Å². The highest BCUT2D eigenvalue weighted by Crippen LogP contribution is 2.18. The number of hydrogen-bond donors (Lipinski definition) is 3. The lowest BCUT2D eigenvalue weighted by atomic mass is 10.2. The van der Waals surface area contributed by atoms with Crippen LogP contribution in [0.1, 0.15) is 12.8 Å². The summed E-state index contributed by atoms with van der Waals surface area (Å²) < 4.78 is 0. The Morgan fingerprint density at radius 1 is 1.50 bits per heavy atom. The summed E-state index contributed by atoms with van der Waals surface area (Å²) >= 11 is 0. The molecule has 1 saturated heterocycles. The summed E-state index contributed by atoms with van der Waals surface area (Å²) in [7, 11) is 0. The monoisotopic (exact) mass is 249 g/mol. The molecule has 2 rings (SSSR count). The molecule has 5 nitrogen and oxygen atoms in total. The van der Waals surface area contributed by atoms with E-state index in [-0.39, 0.29) is 18.6 Å². The van der Waals surface area contributed by atoms with Gasteiger partial charge in [0.2, 0.25) is 5.91 Å². The number of nitrogens with one attached hydrogen (secondary N) is 1. The maximum Gasteiger partial charge on any atom is 0.238 e. The van der Waals surface area contributed by atoms with E-state index in [9.17, 15) is 9.90 Å². The summed E-state index contributed by atoms with van der Waals surface area (Å²) in [5.41, 5.74) is 6.96. The maximum absolute atomic E-state index is 11.9. The molecule has 1 atom stereocenters. The van der Waals surface area contributed by atoms with Crippen LogP contribution in [0.2, 0.25) is 0 Å². The van der Waals surface area contributed by atoms with Crippen molar-refractivity contribution in [2.24, 2.45) is 0 Å². The van der Waals surface area contributed by atoms with Gasteiger partial charge in [0.05, 0.1) is 24.5 Å². The summed E-state index contributed by atoms with van der Waals surface area (Å²) in [4.78, 5) is 13.9. The lowest BCUT2D eigenvalue weighted by Gasteiger charge is -2.21. The van der Waals surface area contributed by atoms with Crippen LogP contribution in [0.3, 0.4) is 0 Å². The van der Waals surface area contributed by atoms with Crippen molar-refractivity contribution in [2.75, 3.05) is 30.7 Å². The number of amides is 1. The number of nitrogens with zero attached hydrogens (tertiary/aromatic N) is 1. The van der Waals surface area contributed by atoms with Crippen LogP contribution < -0.4 is 11.1 Å². The molecular formula is C13H19N3O2. The molecule has 1 heterocycles. The molecular weight excluding hydrogens is 230 g/mol. The Morgan fingerprint density at radius 3 is 3.00 bits per heavy atom. The van der Waals surface area contributed by atoms with Crippen LogP contribution in [0.5, 0.6) is 0 Å². The fourth-order valence-corrected chi connectivity index (χ4v) is 2.30. The SMILES string of the molecule is Nc1ccccc1NC(=O)CN1CCCC1CO. The molecule has 18 heavy (non-hydrogen) atoms. The number of anilines is 2. The Kier molecular flexibility index (Phi) is 4.17. The van der Waals surface area contributed by atoms with E-state index in [0.717, 1.165) is 19.4 Å². The van der Waals surface area contributed by atoms with Crippen molar-refractivity contribution in [1.29, 1.82) is 0 Å². The van der Waals surface area contributed by atoms with Crippen LogP contribution in [0.4, 0.5) is 11.4 Å². The van der Waals surface area contributed by atoms with Gasteiger partial charge in [0, 0.05) is 6.04 Å². The average molecular weight is 249 g/mol. The highest BCUT2D eigenvalue weighted by atomic mass is 16.3. The first-order valence-electron chi connectivity index (χ1n) is 6.20. The topological polar surface area (TPSA) is 78.6 Å². The third-order valence-corrected chi connectivity index (χ3v) is 3.29. The Morgan fingerprint density at radius 2 is 2.28 bits per heavy atom. The Bertz CT molecular complexity index is 422. The van der Waals surface area contributed by atoms with Gasteiger partial charge < -0.3 is 16.2 Å². The van der Waals surface area contributed by atoms with Crippen molar-refractivity contribution in [3.8, 4) is 0 Å². The van der Waals surface area contributed by atoms with Gasteiger partial charge in [-0.3, -0.25) is 9.69 Å².